The number of fused-ring (bicyclic) bond motifs is 1. The second-order valence-electron chi connectivity index (χ2n) is 10.6. The molecule has 3 aliphatic heterocycles. The summed E-state index contributed by atoms with van der Waals surface area (Å²) in [6, 6.07) is 6.65. The number of nitrogens with zero attached hydrogens (tertiary/aromatic N) is 4. The van der Waals surface area contributed by atoms with Crippen molar-refractivity contribution in [1.82, 2.24) is 19.8 Å². The summed E-state index contributed by atoms with van der Waals surface area (Å²) in [6.07, 6.45) is 8.38. The number of hydrogen-bond donors (Lipinski definition) is 0. The number of benzene rings is 1. The lowest BCUT2D eigenvalue weighted by molar-refractivity contribution is 0.0722. The van der Waals surface area contributed by atoms with Crippen molar-refractivity contribution in [3.05, 3.63) is 52.6 Å². The summed E-state index contributed by atoms with van der Waals surface area (Å²) in [5.74, 6) is 2.32. The number of piperidine rings is 2. The van der Waals surface area contributed by atoms with Crippen molar-refractivity contribution in [2.24, 2.45) is 0 Å². The summed E-state index contributed by atoms with van der Waals surface area (Å²) in [5.41, 5.74) is 4.04. The van der Waals surface area contributed by atoms with E-state index >= 15 is 0 Å². The van der Waals surface area contributed by atoms with Crippen molar-refractivity contribution in [3.63, 3.8) is 0 Å². The highest BCUT2D eigenvalue weighted by Gasteiger charge is 2.30. The Kier molecular flexibility index (Phi) is 6.12. The number of hydrogen-bond acceptors (Lipinski definition) is 5. The first-order chi connectivity index (χ1) is 15.9. The van der Waals surface area contributed by atoms with E-state index in [0.717, 1.165) is 82.1 Å². The third-order valence-corrected chi connectivity index (χ3v) is 7.28. The van der Waals surface area contributed by atoms with E-state index in [1.54, 1.807) is 6.20 Å². The first-order valence-electron chi connectivity index (χ1n) is 12.5. The van der Waals surface area contributed by atoms with Crippen LogP contribution >= 0.6 is 0 Å². The van der Waals surface area contributed by atoms with Crippen LogP contribution in [0, 0.1) is 6.92 Å². The van der Waals surface area contributed by atoms with Crippen LogP contribution in [0.5, 0.6) is 5.75 Å². The van der Waals surface area contributed by atoms with Crippen LogP contribution in [-0.2, 0) is 13.0 Å². The molecule has 2 fully saturated rings. The molecule has 1 aromatic heterocycles. The van der Waals surface area contributed by atoms with Crippen LogP contribution < -0.4 is 4.74 Å². The third kappa shape index (κ3) is 4.91. The molecule has 5 rings (SSSR count). The third-order valence-electron chi connectivity index (χ3n) is 7.28. The predicted molar refractivity (Wildman–Crippen MR) is 129 cm³/mol. The first-order valence-corrected chi connectivity index (χ1v) is 12.5. The van der Waals surface area contributed by atoms with Gasteiger partial charge in [-0.25, -0.2) is 9.97 Å². The summed E-state index contributed by atoms with van der Waals surface area (Å²) in [7, 11) is 0. The Labute approximate surface area is 197 Å². The molecule has 3 aliphatic rings. The van der Waals surface area contributed by atoms with Crippen molar-refractivity contribution in [2.75, 3.05) is 26.2 Å². The van der Waals surface area contributed by atoms with Gasteiger partial charge in [-0.3, -0.25) is 9.69 Å². The number of amides is 1. The average Bonchev–Trinajstić information content (AvgIpc) is 3.12. The van der Waals surface area contributed by atoms with Crippen LogP contribution in [0.3, 0.4) is 0 Å². The van der Waals surface area contributed by atoms with Crippen molar-refractivity contribution in [2.45, 2.75) is 77.4 Å². The molecule has 1 aromatic carbocycles. The van der Waals surface area contributed by atoms with Crippen LogP contribution in [0.1, 0.15) is 84.9 Å². The molecule has 2 saturated heterocycles. The number of aromatic nitrogens is 2. The molecule has 0 radical (unpaired) electrons. The molecule has 0 N–H and O–H groups in total. The quantitative estimate of drug-likeness (QED) is 0.689. The number of aryl methyl sites for hydroxylation is 1. The fraction of sp³-hybridized carbons (Fsp3) is 0.593. The molecule has 4 heterocycles. The Bertz CT molecular complexity index is 1030. The largest absolute Gasteiger partial charge is 0.487 e. The minimum absolute atomic E-state index is 0.0905. The maximum absolute atomic E-state index is 12.9. The SMILES string of the molecule is Cc1nc(C2CCCN(Cc3ccc4c(c3)CC(C)(C)O4)C2)ncc1C(=O)N1CCCCC1. The number of ether oxygens (including phenoxy) is 1. The van der Waals surface area contributed by atoms with Crippen LogP contribution in [0.4, 0.5) is 0 Å². The second kappa shape index (κ2) is 9.05. The summed E-state index contributed by atoms with van der Waals surface area (Å²) >= 11 is 0. The smallest absolute Gasteiger partial charge is 0.257 e. The van der Waals surface area contributed by atoms with E-state index in [2.05, 4.69) is 41.9 Å². The number of rotatable bonds is 4. The summed E-state index contributed by atoms with van der Waals surface area (Å²) in [4.78, 5) is 26.9. The molecule has 0 aliphatic carbocycles. The Morgan fingerprint density at radius 3 is 2.76 bits per heavy atom. The van der Waals surface area contributed by atoms with Crippen LogP contribution in [-0.4, -0.2) is 57.5 Å². The van der Waals surface area contributed by atoms with Gasteiger partial charge in [0.05, 0.1) is 11.3 Å². The zero-order chi connectivity index (χ0) is 23.0. The predicted octanol–water partition coefficient (Wildman–Crippen LogP) is 4.50. The molecule has 1 atom stereocenters. The molecule has 0 saturated carbocycles. The van der Waals surface area contributed by atoms with Gasteiger partial charge in [0.1, 0.15) is 17.2 Å². The first kappa shape index (κ1) is 22.3. The van der Waals surface area contributed by atoms with E-state index in [1.807, 2.05) is 11.8 Å². The van der Waals surface area contributed by atoms with E-state index in [-0.39, 0.29) is 11.5 Å². The highest BCUT2D eigenvalue weighted by Crippen LogP contribution is 2.36. The van der Waals surface area contributed by atoms with Crippen LogP contribution in [0.15, 0.2) is 24.4 Å². The van der Waals surface area contributed by atoms with Crippen LogP contribution in [0.25, 0.3) is 0 Å². The normalized spacial score (nSPS) is 22.6. The highest BCUT2D eigenvalue weighted by molar-refractivity contribution is 5.95. The molecule has 6 nitrogen and oxygen atoms in total. The van der Waals surface area contributed by atoms with Gasteiger partial charge in [0, 0.05) is 44.7 Å². The molecule has 0 spiro atoms. The van der Waals surface area contributed by atoms with Crippen molar-refractivity contribution >= 4 is 5.91 Å². The summed E-state index contributed by atoms with van der Waals surface area (Å²) < 4.78 is 6.03. The Balaban J connectivity index is 1.25. The number of carbonyl (C=O) groups is 1. The van der Waals surface area contributed by atoms with E-state index in [9.17, 15) is 4.79 Å². The molecule has 1 amide bonds. The van der Waals surface area contributed by atoms with Gasteiger partial charge in [0.2, 0.25) is 0 Å². The van der Waals surface area contributed by atoms with Gasteiger partial charge >= 0.3 is 0 Å². The van der Waals surface area contributed by atoms with Gasteiger partial charge in [-0.15, -0.1) is 0 Å². The average molecular weight is 449 g/mol. The molecule has 2 aromatic rings. The Hall–Kier alpha value is -2.47. The second-order valence-corrected chi connectivity index (χ2v) is 10.6. The van der Waals surface area contributed by atoms with Gasteiger partial charge < -0.3 is 9.64 Å². The lowest BCUT2D eigenvalue weighted by Gasteiger charge is -2.32. The maximum Gasteiger partial charge on any atom is 0.257 e. The lowest BCUT2D eigenvalue weighted by atomic mass is 9.95. The summed E-state index contributed by atoms with van der Waals surface area (Å²) in [5, 5.41) is 0. The van der Waals surface area contributed by atoms with Gasteiger partial charge in [0.15, 0.2) is 0 Å². The van der Waals surface area contributed by atoms with Gasteiger partial charge in [-0.05, 0) is 76.6 Å². The highest BCUT2D eigenvalue weighted by atomic mass is 16.5. The van der Waals surface area contributed by atoms with E-state index in [0.29, 0.717) is 11.5 Å². The van der Waals surface area contributed by atoms with Crippen molar-refractivity contribution in [1.29, 1.82) is 0 Å². The summed E-state index contributed by atoms with van der Waals surface area (Å²) in [6.45, 7) is 10.9. The fourth-order valence-electron chi connectivity index (χ4n) is 5.59. The standard InChI is InChI=1S/C27H36N4O2/c1-19-23(26(32)31-12-5-4-6-13-31)16-28-25(29-19)21-8-7-11-30(18-21)17-20-9-10-24-22(14-20)15-27(2,3)33-24/h9-10,14,16,21H,4-8,11-13,15,17-18H2,1-3H3. The number of carbonyl (C=O) groups excluding carboxylic acids is 1. The monoisotopic (exact) mass is 448 g/mol. The van der Waals surface area contributed by atoms with Gasteiger partial charge in [-0.2, -0.15) is 0 Å². The van der Waals surface area contributed by atoms with E-state index < -0.39 is 0 Å². The molecular weight excluding hydrogens is 412 g/mol. The minimum Gasteiger partial charge on any atom is -0.487 e. The molecule has 176 valence electrons. The van der Waals surface area contributed by atoms with Gasteiger partial charge in [0.25, 0.3) is 5.91 Å². The molecule has 33 heavy (non-hydrogen) atoms. The van der Waals surface area contributed by atoms with Crippen LogP contribution in [0.2, 0.25) is 0 Å². The lowest BCUT2D eigenvalue weighted by Crippen LogP contribution is -2.36. The van der Waals surface area contributed by atoms with Gasteiger partial charge in [-0.1, -0.05) is 12.1 Å². The zero-order valence-electron chi connectivity index (χ0n) is 20.3. The topological polar surface area (TPSA) is 58.6 Å². The minimum atomic E-state index is -0.103. The zero-order valence-corrected chi connectivity index (χ0v) is 20.3. The fourth-order valence-corrected chi connectivity index (χ4v) is 5.59. The number of likely N-dealkylation sites (tertiary alicyclic amines) is 2. The van der Waals surface area contributed by atoms with E-state index in [4.69, 9.17) is 9.72 Å². The molecule has 6 heteroatoms. The van der Waals surface area contributed by atoms with E-state index in [1.165, 1.54) is 17.5 Å². The Morgan fingerprint density at radius 1 is 1.15 bits per heavy atom. The Morgan fingerprint density at radius 2 is 1.97 bits per heavy atom. The molecular formula is C27H36N4O2. The van der Waals surface area contributed by atoms with Crippen molar-refractivity contribution in [3.8, 4) is 5.75 Å². The van der Waals surface area contributed by atoms with Crippen molar-refractivity contribution < 1.29 is 9.53 Å². The molecule has 1 unspecified atom stereocenters. The molecule has 0 bridgehead atoms. The maximum atomic E-state index is 12.9.